The largest absolute Gasteiger partial charge is 0.491 e. The van der Waals surface area contributed by atoms with Crippen LogP contribution in [0, 0.1) is 0 Å². The number of H-pyrrole nitrogens is 1. The molecule has 0 saturated carbocycles. The minimum absolute atomic E-state index is 0.175. The number of nitrogens with one attached hydrogen (secondary N) is 1. The summed E-state index contributed by atoms with van der Waals surface area (Å²) in [5.74, 6) is -4.21. The van der Waals surface area contributed by atoms with Gasteiger partial charge in [0.25, 0.3) is 0 Å². The average Bonchev–Trinajstić information content (AvgIpc) is 2.97. The number of aromatic nitrogens is 2. The highest BCUT2D eigenvalue weighted by molar-refractivity contribution is 6.30. The molecule has 1 atom stereocenters. The van der Waals surface area contributed by atoms with E-state index in [0.717, 1.165) is 12.1 Å². The van der Waals surface area contributed by atoms with E-state index in [4.69, 9.17) is 17.3 Å². The van der Waals surface area contributed by atoms with E-state index in [-0.39, 0.29) is 10.6 Å². The third kappa shape index (κ3) is 4.04. The molecule has 1 unspecified atom stereocenters. The number of carbonyl (C=O) groups excluding carboxylic acids is 1. The number of halogens is 7. The lowest BCUT2D eigenvalue weighted by atomic mass is 10.0. The van der Waals surface area contributed by atoms with E-state index in [1.807, 2.05) is 0 Å². The zero-order chi connectivity index (χ0) is 19.0. The number of imidazole rings is 1. The molecule has 0 saturated heterocycles. The van der Waals surface area contributed by atoms with Crippen molar-refractivity contribution in [2.24, 2.45) is 5.73 Å². The number of nitrogens with two attached hydrogens (primary N) is 1. The topological polar surface area (TPSA) is 81.0 Å². The highest BCUT2D eigenvalue weighted by Crippen LogP contribution is 2.34. The van der Waals surface area contributed by atoms with Crippen LogP contribution in [0.3, 0.4) is 0 Å². The Labute approximate surface area is 140 Å². The molecule has 12 heteroatoms. The van der Waals surface area contributed by atoms with Gasteiger partial charge in [-0.1, -0.05) is 23.7 Å². The predicted octanol–water partition coefficient (Wildman–Crippen LogP) is 3.35. The van der Waals surface area contributed by atoms with E-state index >= 15 is 0 Å². The third-order valence-electron chi connectivity index (χ3n) is 3.00. The summed E-state index contributed by atoms with van der Waals surface area (Å²) in [4.78, 5) is 15.9. The first-order chi connectivity index (χ1) is 11.3. The van der Waals surface area contributed by atoms with Crippen molar-refractivity contribution in [1.29, 1.82) is 0 Å². The molecule has 136 valence electrons. The Balaban J connectivity index is 2.54. The van der Waals surface area contributed by atoms with Crippen LogP contribution in [0.2, 0.25) is 5.02 Å². The van der Waals surface area contributed by atoms with E-state index in [1.54, 1.807) is 4.98 Å². The van der Waals surface area contributed by atoms with Crippen LogP contribution in [0.1, 0.15) is 17.1 Å². The smallest absolute Gasteiger partial charge is 0.427 e. The van der Waals surface area contributed by atoms with Crippen LogP contribution in [0.15, 0.2) is 30.5 Å². The Morgan fingerprint density at radius 1 is 1.12 bits per heavy atom. The molecule has 25 heavy (non-hydrogen) atoms. The number of ether oxygens (including phenoxy) is 1. The van der Waals surface area contributed by atoms with Gasteiger partial charge in [-0.3, -0.25) is 5.73 Å². The van der Waals surface area contributed by atoms with Gasteiger partial charge in [-0.25, -0.2) is 9.78 Å². The number of hydrogen-bond donors (Lipinski definition) is 2. The summed E-state index contributed by atoms with van der Waals surface area (Å²) in [7, 11) is 0. The molecule has 0 bridgehead atoms. The summed E-state index contributed by atoms with van der Waals surface area (Å²) >= 11 is 5.65. The quantitative estimate of drug-likeness (QED) is 0.481. The fraction of sp³-hybridized carbons (Fsp3) is 0.231. The van der Waals surface area contributed by atoms with Crippen molar-refractivity contribution in [3.8, 4) is 0 Å². The molecule has 1 heterocycles. The van der Waals surface area contributed by atoms with Gasteiger partial charge < -0.3 is 9.72 Å². The highest BCUT2D eigenvalue weighted by atomic mass is 35.5. The van der Waals surface area contributed by atoms with Crippen molar-refractivity contribution in [2.45, 2.75) is 18.1 Å². The second-order valence-corrected chi connectivity index (χ2v) is 5.21. The molecule has 3 N–H and O–H groups in total. The molecule has 0 radical (unpaired) electrons. The van der Waals surface area contributed by atoms with Crippen molar-refractivity contribution in [3.63, 3.8) is 0 Å². The van der Waals surface area contributed by atoms with Gasteiger partial charge in [-0.05, 0) is 12.1 Å². The lowest BCUT2D eigenvalue weighted by Crippen LogP contribution is -2.46. The van der Waals surface area contributed by atoms with Gasteiger partial charge in [0, 0.05) is 10.6 Å². The Morgan fingerprint density at radius 3 is 2.12 bits per heavy atom. The number of aromatic amines is 1. The SMILES string of the molecule is NC(OC(=O)C(F)(F)F)(c1ccc(Cl)cc1)c1cnc(C(F)(F)F)[nH]1. The van der Waals surface area contributed by atoms with E-state index in [9.17, 15) is 31.1 Å². The van der Waals surface area contributed by atoms with Gasteiger partial charge >= 0.3 is 18.3 Å². The zero-order valence-electron chi connectivity index (χ0n) is 11.9. The molecule has 2 aromatic rings. The fourth-order valence-electron chi connectivity index (χ4n) is 1.82. The number of rotatable bonds is 3. The van der Waals surface area contributed by atoms with E-state index in [2.05, 4.69) is 9.72 Å². The van der Waals surface area contributed by atoms with Gasteiger partial charge in [-0.15, -0.1) is 0 Å². The van der Waals surface area contributed by atoms with Gasteiger partial charge in [0.05, 0.1) is 11.9 Å². The lowest BCUT2D eigenvalue weighted by Gasteiger charge is -2.29. The first kappa shape index (κ1) is 19.1. The summed E-state index contributed by atoms with van der Waals surface area (Å²) in [5, 5.41) is 0.175. The molecule has 1 aromatic heterocycles. The van der Waals surface area contributed by atoms with Crippen molar-refractivity contribution >= 4 is 17.6 Å². The van der Waals surface area contributed by atoms with Crippen molar-refractivity contribution in [1.82, 2.24) is 9.97 Å². The predicted molar refractivity (Wildman–Crippen MR) is 72.2 cm³/mol. The summed E-state index contributed by atoms with van der Waals surface area (Å²) in [5.41, 5.74) is 2.05. The van der Waals surface area contributed by atoms with Crippen LogP contribution in [0.5, 0.6) is 0 Å². The van der Waals surface area contributed by atoms with Crippen molar-refractivity contribution in [2.75, 3.05) is 0 Å². The van der Waals surface area contributed by atoms with Crippen molar-refractivity contribution in [3.05, 3.63) is 52.6 Å². The van der Waals surface area contributed by atoms with Crippen LogP contribution in [0.4, 0.5) is 26.3 Å². The normalized spacial score (nSPS) is 14.9. The average molecular weight is 388 g/mol. The number of hydrogen-bond acceptors (Lipinski definition) is 4. The Hall–Kier alpha value is -2.27. The molecule has 0 spiro atoms. The van der Waals surface area contributed by atoms with Crippen molar-refractivity contribution < 1.29 is 35.9 Å². The molecule has 0 aliphatic heterocycles. The monoisotopic (exact) mass is 387 g/mol. The number of carbonyl (C=O) groups is 1. The zero-order valence-corrected chi connectivity index (χ0v) is 12.6. The van der Waals surface area contributed by atoms with Gasteiger partial charge in [-0.2, -0.15) is 26.3 Å². The second kappa shape index (κ2) is 6.23. The molecular weight excluding hydrogens is 380 g/mol. The van der Waals surface area contributed by atoms with E-state index < -0.39 is 35.6 Å². The first-order valence-corrected chi connectivity index (χ1v) is 6.69. The van der Waals surface area contributed by atoms with Crippen LogP contribution in [-0.4, -0.2) is 22.1 Å². The van der Waals surface area contributed by atoms with Crippen LogP contribution >= 0.6 is 11.6 Å². The van der Waals surface area contributed by atoms with Gasteiger partial charge in [0.15, 0.2) is 0 Å². The molecule has 0 aliphatic carbocycles. The van der Waals surface area contributed by atoms with Crippen LogP contribution < -0.4 is 5.73 Å². The van der Waals surface area contributed by atoms with Crippen LogP contribution in [0.25, 0.3) is 0 Å². The maximum atomic E-state index is 12.7. The second-order valence-electron chi connectivity index (χ2n) is 4.77. The Kier molecular flexibility index (Phi) is 4.75. The van der Waals surface area contributed by atoms with Gasteiger partial charge in [0.1, 0.15) is 0 Å². The first-order valence-electron chi connectivity index (χ1n) is 6.32. The minimum Gasteiger partial charge on any atom is -0.427 e. The Bertz CT molecular complexity index is 771. The molecule has 2 rings (SSSR count). The van der Waals surface area contributed by atoms with E-state index in [0.29, 0.717) is 6.20 Å². The van der Waals surface area contributed by atoms with Crippen LogP contribution in [-0.2, 0) is 21.4 Å². The molecule has 0 amide bonds. The lowest BCUT2D eigenvalue weighted by molar-refractivity contribution is -0.211. The number of esters is 1. The fourth-order valence-corrected chi connectivity index (χ4v) is 1.95. The Morgan fingerprint density at radius 2 is 1.68 bits per heavy atom. The standard InChI is InChI=1S/C13H8ClF6N3O2/c14-7-3-1-6(2-4-7)11(21,25-10(24)13(18,19)20)8-5-22-9(23-8)12(15,16)17/h1-5H,21H2,(H,22,23). The molecule has 5 nitrogen and oxygen atoms in total. The van der Waals surface area contributed by atoms with Gasteiger partial charge in [0.2, 0.25) is 11.5 Å². The summed E-state index contributed by atoms with van der Waals surface area (Å²) in [6.07, 6.45) is -9.79. The number of alkyl halides is 6. The maximum Gasteiger partial charge on any atom is 0.491 e. The summed E-state index contributed by atoms with van der Waals surface area (Å²) in [6, 6.07) is 4.61. The molecule has 0 fully saturated rings. The minimum atomic E-state index is -5.41. The molecule has 1 aromatic carbocycles. The molecular formula is C13H8ClF6N3O2. The number of benzene rings is 1. The summed E-state index contributed by atoms with van der Waals surface area (Å²) in [6.45, 7) is 0. The third-order valence-corrected chi connectivity index (χ3v) is 3.25. The highest BCUT2D eigenvalue weighted by Gasteiger charge is 2.48. The number of nitrogens with zero attached hydrogens (tertiary/aromatic N) is 1. The molecule has 0 aliphatic rings. The summed E-state index contributed by atoms with van der Waals surface area (Å²) < 4.78 is 79.8. The maximum absolute atomic E-state index is 12.7. The van der Waals surface area contributed by atoms with E-state index in [1.165, 1.54) is 12.1 Å².